The second-order valence-electron chi connectivity index (χ2n) is 8.30. The number of hydrogen-bond donors (Lipinski definition) is 2. The zero-order chi connectivity index (χ0) is 25.2. The molecule has 0 fully saturated rings. The zero-order valence-electron chi connectivity index (χ0n) is 19.8. The summed E-state index contributed by atoms with van der Waals surface area (Å²) in [7, 11) is 1.49. The SMILES string of the molecule is CCOC(=O)N1CCc2c(sc3c2C(=O)NC(c2ccc(OC(=O)c4ccccc4)c(OC)c2)N3)C1. The monoisotopic (exact) mass is 507 g/mol. The van der Waals surface area contributed by atoms with Gasteiger partial charge in [0.1, 0.15) is 11.2 Å². The highest BCUT2D eigenvalue weighted by Gasteiger charge is 2.34. The molecule has 0 saturated heterocycles. The van der Waals surface area contributed by atoms with E-state index in [-0.39, 0.29) is 17.7 Å². The summed E-state index contributed by atoms with van der Waals surface area (Å²) in [6.45, 7) is 3.02. The van der Waals surface area contributed by atoms with E-state index in [4.69, 9.17) is 14.2 Å². The first kappa shape index (κ1) is 23.7. The highest BCUT2D eigenvalue weighted by Crippen LogP contribution is 2.41. The van der Waals surface area contributed by atoms with E-state index >= 15 is 0 Å². The Hall–Kier alpha value is -4.05. The minimum Gasteiger partial charge on any atom is -0.493 e. The number of nitrogens with zero attached hydrogens (tertiary/aromatic N) is 1. The van der Waals surface area contributed by atoms with Gasteiger partial charge in [-0.05, 0) is 48.7 Å². The third kappa shape index (κ3) is 4.47. The van der Waals surface area contributed by atoms with Crippen molar-refractivity contribution in [1.29, 1.82) is 0 Å². The van der Waals surface area contributed by atoms with Gasteiger partial charge in [-0.15, -0.1) is 11.3 Å². The van der Waals surface area contributed by atoms with Crippen LogP contribution in [-0.2, 0) is 17.7 Å². The molecule has 186 valence electrons. The fraction of sp³-hybridized carbons (Fsp3) is 0.269. The van der Waals surface area contributed by atoms with Crippen LogP contribution in [-0.4, -0.2) is 43.1 Å². The number of anilines is 1. The molecular formula is C26H25N3O6S. The predicted octanol–water partition coefficient (Wildman–Crippen LogP) is 4.34. The molecule has 9 nitrogen and oxygen atoms in total. The Morgan fingerprint density at radius 1 is 1.11 bits per heavy atom. The highest BCUT2D eigenvalue weighted by atomic mass is 32.1. The van der Waals surface area contributed by atoms with Gasteiger partial charge in [-0.3, -0.25) is 4.79 Å². The number of esters is 1. The quantitative estimate of drug-likeness (QED) is 0.391. The van der Waals surface area contributed by atoms with Crippen molar-refractivity contribution in [2.24, 2.45) is 0 Å². The number of hydrogen-bond acceptors (Lipinski definition) is 8. The van der Waals surface area contributed by atoms with Gasteiger partial charge in [0.05, 0.1) is 31.4 Å². The van der Waals surface area contributed by atoms with Gasteiger partial charge < -0.3 is 29.7 Å². The molecule has 2 aliphatic rings. The van der Waals surface area contributed by atoms with Gasteiger partial charge in [0, 0.05) is 11.4 Å². The lowest BCUT2D eigenvalue weighted by molar-refractivity contribution is 0.0729. The maximum Gasteiger partial charge on any atom is 0.410 e. The van der Waals surface area contributed by atoms with Gasteiger partial charge in [0.15, 0.2) is 11.5 Å². The van der Waals surface area contributed by atoms with E-state index in [0.29, 0.717) is 43.0 Å². The van der Waals surface area contributed by atoms with Crippen LogP contribution in [0.2, 0.25) is 0 Å². The van der Waals surface area contributed by atoms with Crippen molar-refractivity contribution in [3.8, 4) is 11.5 Å². The number of fused-ring (bicyclic) bond motifs is 3. The first-order chi connectivity index (χ1) is 17.5. The first-order valence-corrected chi connectivity index (χ1v) is 12.4. The van der Waals surface area contributed by atoms with Crippen molar-refractivity contribution in [2.75, 3.05) is 25.6 Å². The molecule has 0 saturated carbocycles. The Bertz CT molecular complexity index is 1320. The Balaban J connectivity index is 1.35. The molecule has 10 heteroatoms. The van der Waals surface area contributed by atoms with E-state index in [1.165, 1.54) is 18.4 Å². The van der Waals surface area contributed by atoms with Crippen molar-refractivity contribution >= 4 is 34.3 Å². The van der Waals surface area contributed by atoms with Crippen LogP contribution in [0.25, 0.3) is 0 Å². The minimum atomic E-state index is -0.501. The summed E-state index contributed by atoms with van der Waals surface area (Å²) in [5.41, 5.74) is 2.78. The molecule has 0 spiro atoms. The molecule has 36 heavy (non-hydrogen) atoms. The Kier molecular flexibility index (Phi) is 6.51. The molecule has 0 radical (unpaired) electrons. The van der Waals surface area contributed by atoms with E-state index in [1.54, 1.807) is 54.3 Å². The summed E-state index contributed by atoms with van der Waals surface area (Å²) in [6, 6.07) is 13.8. The fourth-order valence-corrected chi connectivity index (χ4v) is 5.62. The van der Waals surface area contributed by atoms with Crippen molar-refractivity contribution in [1.82, 2.24) is 10.2 Å². The summed E-state index contributed by atoms with van der Waals surface area (Å²) in [6.07, 6.45) is -0.251. The average Bonchev–Trinajstić information content (AvgIpc) is 3.27. The van der Waals surface area contributed by atoms with Crippen molar-refractivity contribution in [3.63, 3.8) is 0 Å². The molecule has 5 rings (SSSR count). The highest BCUT2D eigenvalue weighted by molar-refractivity contribution is 7.16. The number of carbonyl (C=O) groups is 3. The van der Waals surface area contributed by atoms with Gasteiger partial charge in [-0.2, -0.15) is 0 Å². The number of nitrogens with one attached hydrogen (secondary N) is 2. The number of amides is 2. The lowest BCUT2D eigenvalue weighted by Gasteiger charge is -2.28. The van der Waals surface area contributed by atoms with E-state index in [9.17, 15) is 14.4 Å². The molecule has 1 atom stereocenters. The molecule has 3 heterocycles. The third-order valence-corrected chi connectivity index (χ3v) is 7.24. The summed E-state index contributed by atoms with van der Waals surface area (Å²) in [5, 5.41) is 7.16. The summed E-state index contributed by atoms with van der Waals surface area (Å²) >= 11 is 1.48. The lowest BCUT2D eigenvalue weighted by Crippen LogP contribution is -2.39. The van der Waals surface area contributed by atoms with E-state index in [0.717, 1.165) is 21.0 Å². The molecule has 2 N–H and O–H groups in total. The van der Waals surface area contributed by atoms with Crippen LogP contribution in [0.5, 0.6) is 11.5 Å². The van der Waals surface area contributed by atoms with Crippen LogP contribution in [0, 0.1) is 0 Å². The Morgan fingerprint density at radius 2 is 1.92 bits per heavy atom. The normalized spacial score (nSPS) is 16.2. The number of thiophene rings is 1. The van der Waals surface area contributed by atoms with Crippen LogP contribution in [0.15, 0.2) is 48.5 Å². The smallest absolute Gasteiger partial charge is 0.410 e. The van der Waals surface area contributed by atoms with E-state index < -0.39 is 12.1 Å². The second kappa shape index (κ2) is 9.90. The maximum atomic E-state index is 13.1. The zero-order valence-corrected chi connectivity index (χ0v) is 20.6. The van der Waals surface area contributed by atoms with Crippen LogP contribution in [0.1, 0.15) is 49.8 Å². The number of benzene rings is 2. The first-order valence-electron chi connectivity index (χ1n) is 11.6. The van der Waals surface area contributed by atoms with Gasteiger partial charge >= 0.3 is 12.1 Å². The largest absolute Gasteiger partial charge is 0.493 e. The minimum absolute atomic E-state index is 0.172. The summed E-state index contributed by atoms with van der Waals surface area (Å²) < 4.78 is 16.1. The van der Waals surface area contributed by atoms with Gasteiger partial charge in [-0.1, -0.05) is 24.3 Å². The summed E-state index contributed by atoms with van der Waals surface area (Å²) in [4.78, 5) is 40.4. The molecule has 0 aliphatic carbocycles. The molecule has 2 aliphatic heterocycles. The number of carbonyl (C=O) groups excluding carboxylic acids is 3. The van der Waals surface area contributed by atoms with Crippen molar-refractivity contribution in [2.45, 2.75) is 26.1 Å². The van der Waals surface area contributed by atoms with E-state index in [1.807, 2.05) is 6.07 Å². The van der Waals surface area contributed by atoms with Gasteiger partial charge in [0.2, 0.25) is 0 Å². The second-order valence-corrected chi connectivity index (χ2v) is 9.40. The molecule has 1 aromatic heterocycles. The standard InChI is InChI=1S/C26H25N3O6S/c1-3-34-26(32)29-12-11-17-20(14-29)36-24-21(17)23(30)27-22(28-24)16-9-10-18(19(13-16)33-2)35-25(31)15-7-5-4-6-8-15/h4-10,13,22,28H,3,11-12,14H2,1-2H3,(H,27,30). The topological polar surface area (TPSA) is 106 Å². The van der Waals surface area contributed by atoms with Crippen molar-refractivity contribution < 1.29 is 28.6 Å². The van der Waals surface area contributed by atoms with E-state index in [2.05, 4.69) is 10.6 Å². The molecule has 1 unspecified atom stereocenters. The van der Waals surface area contributed by atoms with Crippen LogP contribution < -0.4 is 20.1 Å². The summed E-state index contributed by atoms with van der Waals surface area (Å²) in [5.74, 6) is -0.0106. The number of methoxy groups -OCH3 is 1. The predicted molar refractivity (Wildman–Crippen MR) is 134 cm³/mol. The Morgan fingerprint density at radius 3 is 2.67 bits per heavy atom. The van der Waals surface area contributed by atoms with Crippen molar-refractivity contribution in [3.05, 3.63) is 75.7 Å². The Labute approximate surface area is 212 Å². The lowest BCUT2D eigenvalue weighted by atomic mass is 10.0. The fourth-order valence-electron chi connectivity index (χ4n) is 4.33. The van der Waals surface area contributed by atoms with Crippen LogP contribution in [0.4, 0.5) is 9.80 Å². The molecule has 3 aromatic rings. The maximum absolute atomic E-state index is 13.1. The third-order valence-electron chi connectivity index (χ3n) is 6.09. The number of rotatable bonds is 5. The molecule has 2 aromatic carbocycles. The number of ether oxygens (including phenoxy) is 3. The van der Waals surface area contributed by atoms with Gasteiger partial charge in [-0.25, -0.2) is 9.59 Å². The average molecular weight is 508 g/mol. The molecular weight excluding hydrogens is 482 g/mol. The van der Waals surface area contributed by atoms with Crippen LogP contribution in [0.3, 0.4) is 0 Å². The molecule has 0 bridgehead atoms. The van der Waals surface area contributed by atoms with Crippen LogP contribution >= 0.6 is 11.3 Å². The molecule has 2 amide bonds. The van der Waals surface area contributed by atoms with Gasteiger partial charge in [0.25, 0.3) is 5.91 Å².